The Morgan fingerprint density at radius 3 is 2.71 bits per heavy atom. The van der Waals surface area contributed by atoms with Crippen molar-refractivity contribution in [3.8, 4) is 0 Å². The molecule has 24 heavy (non-hydrogen) atoms. The molecule has 0 saturated heterocycles. The number of benzene rings is 2. The Balaban J connectivity index is 1.59. The van der Waals surface area contributed by atoms with E-state index in [2.05, 4.69) is 12.1 Å². The summed E-state index contributed by atoms with van der Waals surface area (Å²) < 4.78 is 0. The van der Waals surface area contributed by atoms with Gasteiger partial charge in [-0.1, -0.05) is 36.4 Å². The fraction of sp³-hybridized carbons (Fsp3) is 0.316. The highest BCUT2D eigenvalue weighted by Gasteiger charge is 2.46. The Morgan fingerprint density at radius 2 is 1.96 bits per heavy atom. The Labute approximate surface area is 140 Å². The maximum Gasteiger partial charge on any atom is 0.271 e. The number of non-ortho nitro benzene ring substituents is 1. The molecule has 4 rings (SSSR count). The smallest absolute Gasteiger partial charge is 0.271 e. The van der Waals surface area contributed by atoms with Gasteiger partial charge in [-0.05, 0) is 36.3 Å². The Hall–Kier alpha value is -2.69. The zero-order valence-electron chi connectivity index (χ0n) is 13.2. The van der Waals surface area contributed by atoms with E-state index in [1.807, 2.05) is 18.2 Å². The van der Waals surface area contributed by atoms with Crippen molar-refractivity contribution >= 4 is 17.3 Å². The Bertz CT molecular complexity index is 804. The van der Waals surface area contributed by atoms with Gasteiger partial charge in [0.2, 0.25) is 5.91 Å². The number of amides is 1. The average molecular weight is 322 g/mol. The Morgan fingerprint density at radius 1 is 1.17 bits per heavy atom. The number of nitro groups is 1. The molecular weight excluding hydrogens is 304 g/mol. The molecule has 122 valence electrons. The highest BCUT2D eigenvalue weighted by atomic mass is 16.6. The van der Waals surface area contributed by atoms with Gasteiger partial charge in [-0.3, -0.25) is 14.9 Å². The molecule has 2 unspecified atom stereocenters. The lowest BCUT2D eigenvalue weighted by atomic mass is 10.00. The fourth-order valence-corrected chi connectivity index (χ4v) is 3.64. The second-order valence-corrected chi connectivity index (χ2v) is 6.52. The molecule has 0 radical (unpaired) electrons. The van der Waals surface area contributed by atoms with Gasteiger partial charge in [0.05, 0.1) is 10.6 Å². The van der Waals surface area contributed by atoms with Crippen LogP contribution in [0.1, 0.15) is 29.9 Å². The zero-order chi connectivity index (χ0) is 16.7. The maximum atomic E-state index is 12.9. The van der Waals surface area contributed by atoms with E-state index >= 15 is 0 Å². The van der Waals surface area contributed by atoms with Crippen LogP contribution in [0.3, 0.4) is 0 Å². The van der Waals surface area contributed by atoms with E-state index in [4.69, 9.17) is 0 Å². The monoisotopic (exact) mass is 322 g/mol. The Kier molecular flexibility index (Phi) is 3.56. The number of aryl methyl sites for hydroxylation is 1. The standard InChI is InChI=1S/C19H18N2O3/c22-19(17-12-16(17)13-5-2-1-3-6-13)20-10-4-7-14-8-9-15(21(23)24)11-18(14)20/h1-3,5-6,8-9,11,16-17H,4,7,10,12H2. The first-order valence-electron chi connectivity index (χ1n) is 8.29. The van der Waals surface area contributed by atoms with Gasteiger partial charge >= 0.3 is 0 Å². The third-order valence-electron chi connectivity index (χ3n) is 5.00. The van der Waals surface area contributed by atoms with Crippen molar-refractivity contribution in [3.63, 3.8) is 0 Å². The van der Waals surface area contributed by atoms with Crippen LogP contribution >= 0.6 is 0 Å². The first kappa shape index (κ1) is 14.9. The molecule has 1 fully saturated rings. The molecule has 1 saturated carbocycles. The van der Waals surface area contributed by atoms with Crippen molar-refractivity contribution in [1.29, 1.82) is 0 Å². The normalized spacial score (nSPS) is 21.9. The lowest BCUT2D eigenvalue weighted by molar-refractivity contribution is -0.384. The molecule has 0 N–H and O–H groups in total. The first-order chi connectivity index (χ1) is 11.6. The number of carbonyl (C=O) groups excluding carboxylic acids is 1. The van der Waals surface area contributed by atoms with Crippen molar-refractivity contribution in [2.75, 3.05) is 11.4 Å². The number of hydrogen-bond acceptors (Lipinski definition) is 3. The van der Waals surface area contributed by atoms with Gasteiger partial charge in [0, 0.05) is 24.6 Å². The minimum absolute atomic E-state index is 0.00221. The summed E-state index contributed by atoms with van der Waals surface area (Å²) in [5.74, 6) is 0.380. The predicted molar refractivity (Wildman–Crippen MR) is 91.1 cm³/mol. The minimum Gasteiger partial charge on any atom is -0.312 e. The molecular formula is C19H18N2O3. The zero-order valence-corrected chi connectivity index (χ0v) is 13.2. The molecule has 2 aliphatic rings. The summed E-state index contributed by atoms with van der Waals surface area (Å²) in [6, 6.07) is 14.9. The van der Waals surface area contributed by atoms with Crippen LogP contribution in [-0.2, 0) is 11.2 Å². The quantitative estimate of drug-likeness (QED) is 0.639. The number of nitro benzene ring substituents is 1. The molecule has 1 aliphatic heterocycles. The molecule has 5 heteroatoms. The molecule has 2 atom stereocenters. The minimum atomic E-state index is -0.401. The SMILES string of the molecule is O=C(C1CC1c1ccccc1)N1CCCc2ccc([N+](=O)[O-])cc21. The van der Waals surface area contributed by atoms with Gasteiger partial charge < -0.3 is 4.90 Å². The van der Waals surface area contributed by atoms with Gasteiger partial charge in [0.25, 0.3) is 5.69 Å². The number of carbonyl (C=O) groups is 1. The van der Waals surface area contributed by atoms with Crippen molar-refractivity contribution in [2.45, 2.75) is 25.2 Å². The molecule has 5 nitrogen and oxygen atoms in total. The number of nitrogens with zero attached hydrogens (tertiary/aromatic N) is 2. The van der Waals surface area contributed by atoms with Gasteiger partial charge in [-0.25, -0.2) is 0 Å². The highest BCUT2D eigenvalue weighted by molar-refractivity contribution is 5.98. The van der Waals surface area contributed by atoms with E-state index in [9.17, 15) is 14.9 Å². The van der Waals surface area contributed by atoms with Gasteiger partial charge in [0.1, 0.15) is 0 Å². The molecule has 0 spiro atoms. The van der Waals surface area contributed by atoms with Crippen LogP contribution in [0.4, 0.5) is 11.4 Å². The summed E-state index contributed by atoms with van der Waals surface area (Å²) >= 11 is 0. The summed E-state index contributed by atoms with van der Waals surface area (Å²) in [6.45, 7) is 0.644. The van der Waals surface area contributed by atoms with Crippen molar-refractivity contribution in [3.05, 3.63) is 69.8 Å². The average Bonchev–Trinajstić information content (AvgIpc) is 3.41. The van der Waals surface area contributed by atoms with Crippen LogP contribution in [0.5, 0.6) is 0 Å². The van der Waals surface area contributed by atoms with Crippen LogP contribution < -0.4 is 4.90 Å². The molecule has 2 aromatic rings. The van der Waals surface area contributed by atoms with Gasteiger partial charge in [-0.2, -0.15) is 0 Å². The van der Waals surface area contributed by atoms with Crippen LogP contribution in [0.2, 0.25) is 0 Å². The van der Waals surface area contributed by atoms with E-state index in [-0.39, 0.29) is 23.4 Å². The van der Waals surface area contributed by atoms with E-state index in [1.54, 1.807) is 17.0 Å². The van der Waals surface area contributed by atoms with Crippen LogP contribution in [0.15, 0.2) is 48.5 Å². The topological polar surface area (TPSA) is 63.5 Å². The summed E-state index contributed by atoms with van der Waals surface area (Å²) in [5.41, 5.74) is 2.99. The summed E-state index contributed by atoms with van der Waals surface area (Å²) in [5, 5.41) is 11.0. The molecule has 1 aliphatic carbocycles. The third kappa shape index (κ3) is 2.56. The van der Waals surface area contributed by atoms with Crippen LogP contribution in [0, 0.1) is 16.0 Å². The van der Waals surface area contributed by atoms with Crippen LogP contribution in [-0.4, -0.2) is 17.4 Å². The second kappa shape index (κ2) is 5.74. The molecule has 0 bridgehead atoms. The van der Waals surface area contributed by atoms with E-state index in [0.29, 0.717) is 6.54 Å². The fourth-order valence-electron chi connectivity index (χ4n) is 3.64. The van der Waals surface area contributed by atoms with Gasteiger partial charge in [0.15, 0.2) is 0 Å². The predicted octanol–water partition coefficient (Wildman–Crippen LogP) is 3.68. The van der Waals surface area contributed by atoms with E-state index in [1.165, 1.54) is 11.6 Å². The van der Waals surface area contributed by atoms with Crippen molar-refractivity contribution < 1.29 is 9.72 Å². The molecule has 0 aromatic heterocycles. The van der Waals surface area contributed by atoms with E-state index < -0.39 is 4.92 Å². The van der Waals surface area contributed by atoms with Crippen molar-refractivity contribution in [2.24, 2.45) is 5.92 Å². The number of fused-ring (bicyclic) bond motifs is 1. The molecule has 2 aromatic carbocycles. The lowest BCUT2D eigenvalue weighted by Crippen LogP contribution is -2.36. The maximum absolute atomic E-state index is 12.9. The highest BCUT2D eigenvalue weighted by Crippen LogP contribution is 2.49. The third-order valence-corrected chi connectivity index (χ3v) is 5.00. The summed E-state index contributed by atoms with van der Waals surface area (Å²) in [4.78, 5) is 25.4. The number of hydrogen-bond donors (Lipinski definition) is 0. The number of anilines is 1. The molecule has 1 heterocycles. The summed E-state index contributed by atoms with van der Waals surface area (Å²) in [6.07, 6.45) is 2.63. The number of rotatable bonds is 3. The van der Waals surface area contributed by atoms with Gasteiger partial charge in [-0.15, -0.1) is 0 Å². The summed E-state index contributed by atoms with van der Waals surface area (Å²) in [7, 11) is 0. The van der Waals surface area contributed by atoms with Crippen LogP contribution in [0.25, 0.3) is 0 Å². The second-order valence-electron chi connectivity index (χ2n) is 6.52. The molecule has 1 amide bonds. The van der Waals surface area contributed by atoms with E-state index in [0.717, 1.165) is 30.5 Å². The van der Waals surface area contributed by atoms with Crippen molar-refractivity contribution in [1.82, 2.24) is 0 Å². The lowest BCUT2D eigenvalue weighted by Gasteiger charge is -2.29. The first-order valence-corrected chi connectivity index (χ1v) is 8.29. The largest absolute Gasteiger partial charge is 0.312 e.